The predicted octanol–water partition coefficient (Wildman–Crippen LogP) is 4.14. The Bertz CT molecular complexity index is 1120. The van der Waals surface area contributed by atoms with E-state index in [1.807, 2.05) is 66.9 Å². The van der Waals surface area contributed by atoms with Crippen molar-refractivity contribution in [3.8, 4) is 0 Å². The van der Waals surface area contributed by atoms with Crippen molar-refractivity contribution in [1.29, 1.82) is 0 Å². The Labute approximate surface area is 165 Å². The van der Waals surface area contributed by atoms with Crippen molar-refractivity contribution in [1.82, 2.24) is 0 Å². The van der Waals surface area contributed by atoms with Crippen LogP contribution in [0.4, 0.5) is 5.69 Å². The van der Waals surface area contributed by atoms with Gasteiger partial charge < -0.3 is 10.2 Å². The summed E-state index contributed by atoms with van der Waals surface area (Å²) in [6.45, 7) is 1.99. The zero-order valence-electron chi connectivity index (χ0n) is 15.0. The third-order valence-electron chi connectivity index (χ3n) is 5.25. The third-order valence-corrected chi connectivity index (χ3v) is 6.14. The first-order chi connectivity index (χ1) is 13.6. The van der Waals surface area contributed by atoms with E-state index in [-0.39, 0.29) is 11.7 Å². The van der Waals surface area contributed by atoms with Gasteiger partial charge in [-0.2, -0.15) is 0 Å². The second kappa shape index (κ2) is 6.14. The number of nitrogens with zero attached hydrogens (tertiary/aromatic N) is 1. The number of nitrogens with one attached hydrogen (secondary N) is 1. The number of anilines is 1. The number of carbonyl (C=O) groups is 2. The predicted molar refractivity (Wildman–Crippen MR) is 108 cm³/mol. The highest BCUT2D eigenvalue weighted by atomic mass is 32.1. The maximum absolute atomic E-state index is 13.5. The standard InChI is InChI=1S/C22H16N2O3S/c1-13-8-10-14(11-9-13)19-18(20(25)17-7-4-12-28-17)22(27-24-19)15-5-2-3-6-16(15)23-21(22)26/h2-12,18H,1H3,(H,23,26)/t18-,22+/m0/s1. The molecule has 5 rings (SSSR count). The zero-order chi connectivity index (χ0) is 19.3. The highest BCUT2D eigenvalue weighted by Gasteiger charge is 2.63. The molecule has 0 saturated carbocycles. The fraction of sp³-hybridized carbons (Fsp3) is 0.136. The number of Topliss-reactive ketones (excluding diaryl/α,β-unsaturated/α-hetero) is 1. The number of para-hydroxylation sites is 1. The minimum absolute atomic E-state index is 0.168. The van der Waals surface area contributed by atoms with Gasteiger partial charge in [0.2, 0.25) is 0 Å². The molecule has 1 spiro atoms. The van der Waals surface area contributed by atoms with Crippen molar-refractivity contribution in [2.24, 2.45) is 11.1 Å². The van der Waals surface area contributed by atoms with Crippen molar-refractivity contribution in [3.05, 3.63) is 87.6 Å². The van der Waals surface area contributed by atoms with Gasteiger partial charge in [0.15, 0.2) is 5.78 Å². The lowest BCUT2D eigenvalue weighted by Gasteiger charge is -2.26. The van der Waals surface area contributed by atoms with Gasteiger partial charge in [0.05, 0.1) is 4.88 Å². The van der Waals surface area contributed by atoms with Crippen molar-refractivity contribution in [2.45, 2.75) is 12.5 Å². The van der Waals surface area contributed by atoms with Crippen molar-refractivity contribution >= 4 is 34.4 Å². The molecule has 3 aromatic rings. The molecular formula is C22H16N2O3S. The van der Waals surface area contributed by atoms with Gasteiger partial charge in [-0.1, -0.05) is 59.3 Å². The molecule has 0 unspecified atom stereocenters. The van der Waals surface area contributed by atoms with Crippen LogP contribution in [0.2, 0.25) is 0 Å². The molecule has 0 fully saturated rings. The fourth-order valence-corrected chi connectivity index (χ4v) is 4.56. The molecule has 1 N–H and O–H groups in total. The number of benzene rings is 2. The van der Waals surface area contributed by atoms with Crippen molar-refractivity contribution in [3.63, 3.8) is 0 Å². The van der Waals surface area contributed by atoms with Crippen LogP contribution in [0, 0.1) is 12.8 Å². The second-order valence-corrected chi connectivity index (χ2v) is 7.89. The Hall–Kier alpha value is -3.25. The number of thiophene rings is 1. The molecule has 0 aliphatic carbocycles. The number of hydrogen-bond acceptors (Lipinski definition) is 5. The summed E-state index contributed by atoms with van der Waals surface area (Å²) in [5.41, 5.74) is 2.15. The molecule has 2 atom stereocenters. The summed E-state index contributed by atoms with van der Waals surface area (Å²) in [6, 6.07) is 18.6. The van der Waals surface area contributed by atoms with Gasteiger partial charge in [-0.15, -0.1) is 11.3 Å². The molecular weight excluding hydrogens is 372 g/mol. The van der Waals surface area contributed by atoms with E-state index in [4.69, 9.17) is 4.84 Å². The van der Waals surface area contributed by atoms with Crippen LogP contribution in [0.1, 0.15) is 26.4 Å². The van der Waals surface area contributed by atoms with E-state index in [1.165, 1.54) is 11.3 Å². The summed E-state index contributed by atoms with van der Waals surface area (Å²) >= 11 is 1.35. The Balaban J connectivity index is 1.70. The number of aryl methyl sites for hydroxylation is 1. The lowest BCUT2D eigenvalue weighted by atomic mass is 9.75. The average Bonchev–Trinajstić information content (AvgIpc) is 3.42. The number of amides is 1. The van der Waals surface area contributed by atoms with E-state index < -0.39 is 11.5 Å². The van der Waals surface area contributed by atoms with Crippen LogP contribution in [0.5, 0.6) is 0 Å². The van der Waals surface area contributed by atoms with E-state index >= 15 is 0 Å². The van der Waals surface area contributed by atoms with Crippen LogP contribution in [0.3, 0.4) is 0 Å². The Morgan fingerprint density at radius 2 is 1.89 bits per heavy atom. The molecule has 0 radical (unpaired) electrons. The van der Waals surface area contributed by atoms with Gasteiger partial charge in [0.1, 0.15) is 11.6 Å². The van der Waals surface area contributed by atoms with Crippen LogP contribution in [0.15, 0.2) is 71.2 Å². The van der Waals surface area contributed by atoms with Crippen LogP contribution in [-0.4, -0.2) is 17.4 Å². The van der Waals surface area contributed by atoms with Crippen LogP contribution >= 0.6 is 11.3 Å². The van der Waals surface area contributed by atoms with Gasteiger partial charge in [-0.05, 0) is 24.4 Å². The molecule has 1 aromatic heterocycles. The van der Waals surface area contributed by atoms with E-state index in [1.54, 1.807) is 6.07 Å². The number of carbonyl (C=O) groups excluding carboxylic acids is 2. The normalized spacial score (nSPS) is 22.5. The van der Waals surface area contributed by atoms with Crippen LogP contribution < -0.4 is 5.32 Å². The summed E-state index contributed by atoms with van der Waals surface area (Å²) in [6.07, 6.45) is 0. The molecule has 138 valence electrons. The molecule has 3 heterocycles. The molecule has 5 nitrogen and oxygen atoms in total. The van der Waals surface area contributed by atoms with Crippen LogP contribution in [-0.2, 0) is 15.2 Å². The number of ketones is 1. The molecule has 2 aliphatic rings. The maximum atomic E-state index is 13.5. The lowest BCUT2D eigenvalue weighted by Crippen LogP contribution is -2.46. The Kier molecular flexibility index (Phi) is 3.70. The molecule has 2 aliphatic heterocycles. The van der Waals surface area contributed by atoms with Gasteiger partial charge in [0.25, 0.3) is 11.5 Å². The minimum Gasteiger partial charge on any atom is -0.373 e. The fourth-order valence-electron chi connectivity index (χ4n) is 3.86. The third kappa shape index (κ3) is 2.28. The van der Waals surface area contributed by atoms with Gasteiger partial charge in [-0.3, -0.25) is 9.59 Å². The highest BCUT2D eigenvalue weighted by Crippen LogP contribution is 2.49. The van der Waals surface area contributed by atoms with Gasteiger partial charge in [0, 0.05) is 16.8 Å². The number of rotatable bonds is 3. The molecule has 28 heavy (non-hydrogen) atoms. The van der Waals surface area contributed by atoms with Gasteiger partial charge in [-0.25, -0.2) is 0 Å². The SMILES string of the molecule is Cc1ccc(C2=NO[C@@]3(C(=O)Nc4ccccc43)[C@@H]2C(=O)c2cccs2)cc1. The second-order valence-electron chi connectivity index (χ2n) is 6.94. The summed E-state index contributed by atoms with van der Waals surface area (Å²) in [5.74, 6) is -1.40. The number of oxime groups is 1. The molecule has 0 bridgehead atoms. The van der Waals surface area contributed by atoms with E-state index in [9.17, 15) is 9.59 Å². The Morgan fingerprint density at radius 1 is 1.11 bits per heavy atom. The summed E-state index contributed by atoms with van der Waals surface area (Å²) in [7, 11) is 0. The quantitative estimate of drug-likeness (QED) is 0.686. The van der Waals surface area contributed by atoms with Crippen molar-refractivity contribution in [2.75, 3.05) is 5.32 Å². The summed E-state index contributed by atoms with van der Waals surface area (Å²) in [5, 5.41) is 8.98. The highest BCUT2D eigenvalue weighted by molar-refractivity contribution is 7.12. The van der Waals surface area contributed by atoms with Crippen molar-refractivity contribution < 1.29 is 14.4 Å². The summed E-state index contributed by atoms with van der Waals surface area (Å²) < 4.78 is 0. The lowest BCUT2D eigenvalue weighted by molar-refractivity contribution is -0.140. The molecule has 6 heteroatoms. The maximum Gasteiger partial charge on any atom is 0.277 e. The first-order valence-electron chi connectivity index (χ1n) is 8.93. The Morgan fingerprint density at radius 3 is 2.64 bits per heavy atom. The van der Waals surface area contributed by atoms with Crippen LogP contribution in [0.25, 0.3) is 0 Å². The van der Waals surface area contributed by atoms with E-state index in [0.717, 1.165) is 11.1 Å². The monoisotopic (exact) mass is 388 g/mol. The molecule has 2 aromatic carbocycles. The van der Waals surface area contributed by atoms with Gasteiger partial charge >= 0.3 is 0 Å². The van der Waals surface area contributed by atoms with E-state index in [2.05, 4.69) is 10.5 Å². The number of hydrogen-bond donors (Lipinski definition) is 1. The summed E-state index contributed by atoms with van der Waals surface area (Å²) in [4.78, 5) is 33.1. The first kappa shape index (κ1) is 16.9. The first-order valence-corrected chi connectivity index (χ1v) is 9.81. The number of fused-ring (bicyclic) bond motifs is 2. The topological polar surface area (TPSA) is 67.8 Å². The minimum atomic E-state index is -1.49. The molecule has 1 amide bonds. The smallest absolute Gasteiger partial charge is 0.277 e. The zero-order valence-corrected chi connectivity index (χ0v) is 15.8. The largest absolute Gasteiger partial charge is 0.373 e. The molecule has 0 saturated heterocycles. The average molecular weight is 388 g/mol. The van der Waals surface area contributed by atoms with E-state index in [0.29, 0.717) is 21.8 Å².